The first-order chi connectivity index (χ1) is 8.82. The number of aromatic nitrogens is 2. The normalized spacial score (nSPS) is 19.8. The molecular weight excluding hydrogens is 345 g/mol. The number of methoxy groups -OCH3 is 1. The molecule has 0 aliphatic carbocycles. The summed E-state index contributed by atoms with van der Waals surface area (Å²) in [7, 11) is -3.43. The summed E-state index contributed by atoms with van der Waals surface area (Å²) in [6.45, 7) is -0.301. The second-order valence-electron chi connectivity index (χ2n) is 3.83. The van der Waals surface area contributed by atoms with E-state index < -0.39 is 27.8 Å². The minimum Gasteiger partial charge on any atom is -0.478 e. The number of carbonyl (C=O) groups excluding carboxylic acids is 1. The highest BCUT2D eigenvalue weighted by molar-refractivity contribution is 9.10. The SMILES string of the molecule is COc1nc(Br)cnc1N1CC(S(=O)(=O)F)CC1=O. The molecule has 2 rings (SSSR count). The molecule has 1 aromatic rings. The fourth-order valence-corrected chi connectivity index (χ4v) is 2.67. The second-order valence-corrected chi connectivity index (χ2v) is 6.26. The third-order valence-electron chi connectivity index (χ3n) is 2.63. The molecule has 2 heterocycles. The van der Waals surface area contributed by atoms with Gasteiger partial charge in [-0.2, -0.15) is 8.42 Å². The van der Waals surface area contributed by atoms with E-state index in [1.165, 1.54) is 13.3 Å². The van der Waals surface area contributed by atoms with Crippen molar-refractivity contribution in [2.24, 2.45) is 0 Å². The molecule has 10 heteroatoms. The Kier molecular flexibility index (Phi) is 3.72. The lowest BCUT2D eigenvalue weighted by atomic mass is 10.4. The maximum absolute atomic E-state index is 12.9. The number of carbonyl (C=O) groups is 1. The van der Waals surface area contributed by atoms with Gasteiger partial charge in [-0.05, 0) is 15.9 Å². The summed E-state index contributed by atoms with van der Waals surface area (Å²) >= 11 is 3.09. The third-order valence-corrected chi connectivity index (χ3v) is 4.12. The first-order valence-electron chi connectivity index (χ1n) is 5.13. The Bertz CT molecular complexity index is 624. The summed E-state index contributed by atoms with van der Waals surface area (Å²) in [6.07, 6.45) is 0.919. The van der Waals surface area contributed by atoms with Crippen molar-refractivity contribution >= 4 is 37.9 Å². The Morgan fingerprint density at radius 3 is 2.79 bits per heavy atom. The Balaban J connectivity index is 2.36. The largest absolute Gasteiger partial charge is 0.478 e. The zero-order chi connectivity index (χ0) is 14.2. The number of rotatable bonds is 3. The van der Waals surface area contributed by atoms with Gasteiger partial charge in [-0.25, -0.2) is 9.97 Å². The van der Waals surface area contributed by atoms with Crippen molar-refractivity contribution < 1.29 is 21.8 Å². The molecule has 0 N–H and O–H groups in total. The Hall–Kier alpha value is -1.29. The fourth-order valence-electron chi connectivity index (χ4n) is 1.74. The molecule has 1 unspecified atom stereocenters. The summed E-state index contributed by atoms with van der Waals surface area (Å²) in [6, 6.07) is 0. The van der Waals surface area contributed by atoms with Crippen LogP contribution in [0.2, 0.25) is 0 Å². The van der Waals surface area contributed by atoms with E-state index in [9.17, 15) is 17.1 Å². The van der Waals surface area contributed by atoms with Crippen molar-refractivity contribution in [1.82, 2.24) is 9.97 Å². The highest BCUT2D eigenvalue weighted by Gasteiger charge is 2.40. The summed E-state index contributed by atoms with van der Waals surface area (Å²) in [5.41, 5.74) is 0. The van der Waals surface area contributed by atoms with Gasteiger partial charge in [-0.3, -0.25) is 9.69 Å². The molecule has 1 saturated heterocycles. The molecule has 1 atom stereocenters. The van der Waals surface area contributed by atoms with Gasteiger partial charge in [0.2, 0.25) is 5.91 Å². The number of hydrogen-bond donors (Lipinski definition) is 0. The summed E-state index contributed by atoms with van der Waals surface area (Å²) in [5.74, 6) is -0.414. The predicted octanol–water partition coefficient (Wildman–Crippen LogP) is 0.652. The highest BCUT2D eigenvalue weighted by atomic mass is 79.9. The molecule has 1 aliphatic rings. The monoisotopic (exact) mass is 353 g/mol. The maximum atomic E-state index is 12.9. The van der Waals surface area contributed by atoms with Gasteiger partial charge in [-0.1, -0.05) is 0 Å². The summed E-state index contributed by atoms with van der Waals surface area (Å²) in [4.78, 5) is 20.7. The van der Waals surface area contributed by atoms with Crippen LogP contribution in [0.1, 0.15) is 6.42 Å². The Morgan fingerprint density at radius 1 is 1.58 bits per heavy atom. The fraction of sp³-hybridized carbons (Fsp3) is 0.444. The predicted molar refractivity (Wildman–Crippen MR) is 67.1 cm³/mol. The van der Waals surface area contributed by atoms with Crippen LogP contribution in [0.15, 0.2) is 10.8 Å². The van der Waals surface area contributed by atoms with E-state index in [0.717, 1.165) is 4.90 Å². The molecule has 0 spiro atoms. The van der Waals surface area contributed by atoms with E-state index in [0.29, 0.717) is 4.60 Å². The van der Waals surface area contributed by atoms with Crippen LogP contribution < -0.4 is 9.64 Å². The molecule has 0 saturated carbocycles. The molecule has 19 heavy (non-hydrogen) atoms. The first kappa shape index (κ1) is 14.1. The number of anilines is 1. The standard InChI is InChI=1S/C9H9BrFN3O4S/c1-18-9-8(12-3-6(10)13-9)14-4-5(2-7(14)15)19(11,16)17/h3,5H,2,4H2,1H3. The van der Waals surface area contributed by atoms with Crippen molar-refractivity contribution in [1.29, 1.82) is 0 Å². The van der Waals surface area contributed by atoms with Gasteiger partial charge in [0.1, 0.15) is 9.85 Å². The second kappa shape index (κ2) is 5.00. The number of halogens is 2. The Morgan fingerprint density at radius 2 is 2.26 bits per heavy atom. The van der Waals surface area contributed by atoms with E-state index in [2.05, 4.69) is 25.9 Å². The van der Waals surface area contributed by atoms with E-state index in [-0.39, 0.29) is 18.2 Å². The lowest BCUT2D eigenvalue weighted by Crippen LogP contribution is -2.28. The van der Waals surface area contributed by atoms with Crippen LogP contribution in [0.4, 0.5) is 9.70 Å². The van der Waals surface area contributed by atoms with Gasteiger partial charge in [0.15, 0.2) is 5.82 Å². The summed E-state index contributed by atoms with van der Waals surface area (Å²) < 4.78 is 40.0. The van der Waals surface area contributed by atoms with Crippen molar-refractivity contribution in [3.8, 4) is 5.88 Å². The van der Waals surface area contributed by atoms with Crippen molar-refractivity contribution in [3.63, 3.8) is 0 Å². The van der Waals surface area contributed by atoms with Gasteiger partial charge < -0.3 is 4.74 Å². The number of nitrogens with zero attached hydrogens (tertiary/aromatic N) is 3. The summed E-state index contributed by atoms with van der Waals surface area (Å²) in [5, 5.41) is -1.38. The molecular formula is C9H9BrFN3O4S. The quantitative estimate of drug-likeness (QED) is 0.741. The van der Waals surface area contributed by atoms with Crippen LogP contribution in [0.25, 0.3) is 0 Å². The van der Waals surface area contributed by atoms with Crippen molar-refractivity contribution in [2.45, 2.75) is 11.7 Å². The minimum absolute atomic E-state index is 0.0552. The molecule has 1 fully saturated rings. The van der Waals surface area contributed by atoms with Crippen LogP contribution in [0.5, 0.6) is 5.88 Å². The molecule has 0 bridgehead atoms. The number of hydrogen-bond acceptors (Lipinski definition) is 6. The minimum atomic E-state index is -4.76. The van der Waals surface area contributed by atoms with Crippen LogP contribution in [-0.4, -0.2) is 43.2 Å². The average Bonchev–Trinajstić information content (AvgIpc) is 2.71. The average molecular weight is 354 g/mol. The molecule has 1 aliphatic heterocycles. The Labute approximate surface area is 117 Å². The maximum Gasteiger partial charge on any atom is 0.307 e. The van der Waals surface area contributed by atoms with Gasteiger partial charge in [0.25, 0.3) is 5.88 Å². The molecule has 7 nitrogen and oxygen atoms in total. The molecule has 104 valence electrons. The zero-order valence-corrected chi connectivity index (χ0v) is 12.1. The van der Waals surface area contributed by atoms with Gasteiger partial charge in [-0.15, -0.1) is 3.89 Å². The lowest BCUT2D eigenvalue weighted by Gasteiger charge is -2.16. The van der Waals surface area contributed by atoms with E-state index >= 15 is 0 Å². The van der Waals surface area contributed by atoms with E-state index in [1.807, 2.05) is 0 Å². The van der Waals surface area contributed by atoms with Gasteiger partial charge >= 0.3 is 10.2 Å². The number of amides is 1. The molecule has 1 amide bonds. The van der Waals surface area contributed by atoms with Crippen molar-refractivity contribution in [2.75, 3.05) is 18.6 Å². The number of ether oxygens (including phenoxy) is 1. The van der Waals surface area contributed by atoms with Crippen LogP contribution in [-0.2, 0) is 15.0 Å². The third kappa shape index (κ3) is 2.84. The molecule has 1 aromatic heterocycles. The topological polar surface area (TPSA) is 89.5 Å². The van der Waals surface area contributed by atoms with Crippen LogP contribution >= 0.6 is 15.9 Å². The van der Waals surface area contributed by atoms with Gasteiger partial charge in [0.05, 0.1) is 13.3 Å². The van der Waals surface area contributed by atoms with Crippen LogP contribution in [0.3, 0.4) is 0 Å². The first-order valence-corrected chi connectivity index (χ1v) is 7.37. The highest BCUT2D eigenvalue weighted by Crippen LogP contribution is 2.30. The smallest absolute Gasteiger partial charge is 0.307 e. The van der Waals surface area contributed by atoms with E-state index in [4.69, 9.17) is 4.74 Å². The van der Waals surface area contributed by atoms with Crippen LogP contribution in [0, 0.1) is 0 Å². The van der Waals surface area contributed by atoms with Gasteiger partial charge in [0, 0.05) is 13.0 Å². The lowest BCUT2D eigenvalue weighted by molar-refractivity contribution is -0.117. The zero-order valence-electron chi connectivity index (χ0n) is 9.71. The van der Waals surface area contributed by atoms with E-state index in [1.54, 1.807) is 0 Å². The van der Waals surface area contributed by atoms with Crippen molar-refractivity contribution in [3.05, 3.63) is 10.8 Å². The molecule has 0 radical (unpaired) electrons. The molecule has 0 aromatic carbocycles.